The van der Waals surface area contributed by atoms with Crippen molar-refractivity contribution in [3.05, 3.63) is 23.8 Å². The number of hydrogen-bond acceptors (Lipinski definition) is 3. The van der Waals surface area contributed by atoms with Gasteiger partial charge in [-0.25, -0.2) is 4.99 Å². The number of rotatable bonds is 4. The second kappa shape index (κ2) is 5.51. The maximum atomic E-state index is 11.2. The molecule has 86 valence electrons. The summed E-state index contributed by atoms with van der Waals surface area (Å²) in [5, 5.41) is 0. The van der Waals surface area contributed by atoms with Gasteiger partial charge in [-0.2, -0.15) is 0 Å². The van der Waals surface area contributed by atoms with Crippen LogP contribution in [-0.4, -0.2) is 24.6 Å². The molecule has 0 atom stereocenters. The van der Waals surface area contributed by atoms with Crippen LogP contribution >= 0.6 is 11.6 Å². The number of nitrogens with zero attached hydrogens (tertiary/aromatic N) is 1. The number of nitrogens with two attached hydrogens (primary N) is 1. The Hall–Kier alpha value is -1.55. The third-order valence-electron chi connectivity index (χ3n) is 1.99. The summed E-state index contributed by atoms with van der Waals surface area (Å²) in [4.78, 5) is 15.3. The largest absolute Gasteiger partial charge is 0.494 e. The van der Waals surface area contributed by atoms with E-state index in [1.165, 1.54) is 14.0 Å². The molecule has 0 saturated carbocycles. The molecule has 0 fully saturated rings. The molecular formula is C11H13ClN2O2. The quantitative estimate of drug-likeness (QED) is 0.380. The molecule has 0 aliphatic carbocycles. The number of halogens is 1. The SMILES string of the molecule is COc1ccc(C(C)=O)cc1N=C(N)CCl. The standard InChI is InChI=1S/C11H13ClN2O2/c1-7(15)8-3-4-10(16-2)9(5-8)14-11(13)6-12/h3-5H,6H2,1-2H3,(H2,13,14). The zero-order chi connectivity index (χ0) is 12.1. The Morgan fingerprint density at radius 3 is 2.75 bits per heavy atom. The molecule has 1 rings (SSSR count). The molecule has 0 aliphatic rings. The number of hydrogen-bond donors (Lipinski definition) is 1. The van der Waals surface area contributed by atoms with Crippen LogP contribution in [0.1, 0.15) is 17.3 Å². The van der Waals surface area contributed by atoms with Gasteiger partial charge in [-0.1, -0.05) is 0 Å². The smallest absolute Gasteiger partial charge is 0.159 e. The first kappa shape index (κ1) is 12.5. The number of carbonyl (C=O) groups is 1. The third kappa shape index (κ3) is 2.97. The van der Waals surface area contributed by atoms with Gasteiger partial charge in [0, 0.05) is 5.56 Å². The third-order valence-corrected chi connectivity index (χ3v) is 2.26. The molecule has 0 bridgehead atoms. The number of benzene rings is 1. The molecule has 1 aromatic carbocycles. The van der Waals surface area contributed by atoms with E-state index in [9.17, 15) is 4.79 Å². The second-order valence-electron chi connectivity index (χ2n) is 3.18. The molecule has 0 amide bonds. The Kier molecular flexibility index (Phi) is 4.31. The van der Waals surface area contributed by atoms with Crippen molar-refractivity contribution in [2.75, 3.05) is 13.0 Å². The Balaban J connectivity index is 3.22. The van der Waals surface area contributed by atoms with Gasteiger partial charge in [0.05, 0.1) is 13.0 Å². The summed E-state index contributed by atoms with van der Waals surface area (Å²) in [6, 6.07) is 4.98. The first-order valence-electron chi connectivity index (χ1n) is 4.66. The van der Waals surface area contributed by atoms with Crippen molar-refractivity contribution in [3.63, 3.8) is 0 Å². The maximum absolute atomic E-state index is 11.2. The number of alkyl halides is 1. The average Bonchev–Trinajstić information content (AvgIpc) is 2.28. The minimum atomic E-state index is -0.0384. The lowest BCUT2D eigenvalue weighted by molar-refractivity contribution is 0.101. The fourth-order valence-corrected chi connectivity index (χ4v) is 1.24. The van der Waals surface area contributed by atoms with E-state index >= 15 is 0 Å². The summed E-state index contributed by atoms with van der Waals surface area (Å²) < 4.78 is 5.11. The van der Waals surface area contributed by atoms with Crippen molar-refractivity contribution in [2.45, 2.75) is 6.92 Å². The lowest BCUT2D eigenvalue weighted by Crippen LogP contribution is -2.12. The molecule has 2 N–H and O–H groups in total. The molecule has 0 radical (unpaired) electrons. The number of ether oxygens (including phenoxy) is 1. The molecule has 16 heavy (non-hydrogen) atoms. The second-order valence-corrected chi connectivity index (χ2v) is 3.45. The molecule has 0 saturated heterocycles. The minimum absolute atomic E-state index is 0.0384. The van der Waals surface area contributed by atoms with Gasteiger partial charge in [-0.05, 0) is 25.1 Å². The molecule has 0 heterocycles. The van der Waals surface area contributed by atoms with Crippen LogP contribution in [0.3, 0.4) is 0 Å². The molecule has 0 aromatic heterocycles. The monoisotopic (exact) mass is 240 g/mol. The summed E-state index contributed by atoms with van der Waals surface area (Å²) in [6.07, 6.45) is 0. The van der Waals surface area contributed by atoms with Crippen LogP contribution in [0.15, 0.2) is 23.2 Å². The summed E-state index contributed by atoms with van der Waals surface area (Å²) in [5.41, 5.74) is 6.60. The fraction of sp³-hybridized carbons (Fsp3) is 0.273. The van der Waals surface area contributed by atoms with Crippen molar-refractivity contribution in [1.82, 2.24) is 0 Å². The number of ketones is 1. The van der Waals surface area contributed by atoms with Crippen LogP contribution in [0.25, 0.3) is 0 Å². The van der Waals surface area contributed by atoms with E-state index in [0.29, 0.717) is 17.0 Å². The fourth-order valence-electron chi connectivity index (χ4n) is 1.18. The van der Waals surface area contributed by atoms with Gasteiger partial charge in [-0.3, -0.25) is 4.79 Å². The number of carbonyl (C=O) groups excluding carboxylic acids is 1. The summed E-state index contributed by atoms with van der Waals surface area (Å²) in [7, 11) is 1.53. The highest BCUT2D eigenvalue weighted by Crippen LogP contribution is 2.28. The van der Waals surface area contributed by atoms with E-state index in [4.69, 9.17) is 22.1 Å². The van der Waals surface area contributed by atoms with Gasteiger partial charge < -0.3 is 10.5 Å². The van der Waals surface area contributed by atoms with Crippen LogP contribution in [0.4, 0.5) is 5.69 Å². The van der Waals surface area contributed by atoms with Gasteiger partial charge in [0.15, 0.2) is 5.78 Å². The van der Waals surface area contributed by atoms with E-state index in [2.05, 4.69) is 4.99 Å². The molecule has 1 aromatic rings. The predicted octanol–water partition coefficient (Wildman–Crippen LogP) is 2.13. The van der Waals surface area contributed by atoms with Crippen molar-refractivity contribution >= 4 is 28.9 Å². The Morgan fingerprint density at radius 2 is 2.25 bits per heavy atom. The van der Waals surface area contributed by atoms with E-state index in [-0.39, 0.29) is 17.5 Å². The minimum Gasteiger partial charge on any atom is -0.494 e. The number of Topliss-reactive ketones (excluding diaryl/α,β-unsaturated/α-hetero) is 1. The molecule has 4 nitrogen and oxygen atoms in total. The van der Waals surface area contributed by atoms with E-state index in [1.807, 2.05) is 0 Å². The molecule has 0 aliphatic heterocycles. The van der Waals surface area contributed by atoms with Crippen LogP contribution in [0.5, 0.6) is 5.75 Å². The van der Waals surface area contributed by atoms with Gasteiger partial charge in [0.25, 0.3) is 0 Å². The summed E-state index contributed by atoms with van der Waals surface area (Å²) >= 11 is 5.54. The summed E-state index contributed by atoms with van der Waals surface area (Å²) in [6.45, 7) is 1.49. The van der Waals surface area contributed by atoms with Crippen LogP contribution < -0.4 is 10.5 Å². The van der Waals surface area contributed by atoms with Crippen LogP contribution in [-0.2, 0) is 0 Å². The number of amidine groups is 1. The average molecular weight is 241 g/mol. The van der Waals surface area contributed by atoms with Gasteiger partial charge in [0.1, 0.15) is 17.3 Å². The lowest BCUT2D eigenvalue weighted by atomic mass is 10.1. The predicted molar refractivity (Wildman–Crippen MR) is 65.0 cm³/mol. The molecule has 0 unspecified atom stereocenters. The molecular weight excluding hydrogens is 228 g/mol. The highest BCUT2D eigenvalue weighted by Gasteiger charge is 2.06. The van der Waals surface area contributed by atoms with E-state index in [1.54, 1.807) is 18.2 Å². The molecule has 5 heteroatoms. The normalized spacial score (nSPS) is 11.3. The zero-order valence-corrected chi connectivity index (χ0v) is 9.91. The number of aliphatic imine (C=N–C) groups is 1. The highest BCUT2D eigenvalue weighted by molar-refractivity contribution is 6.28. The topological polar surface area (TPSA) is 64.7 Å². The first-order valence-corrected chi connectivity index (χ1v) is 5.20. The van der Waals surface area contributed by atoms with Crippen molar-refractivity contribution < 1.29 is 9.53 Å². The van der Waals surface area contributed by atoms with Gasteiger partial charge in [0.2, 0.25) is 0 Å². The maximum Gasteiger partial charge on any atom is 0.159 e. The lowest BCUT2D eigenvalue weighted by Gasteiger charge is -2.06. The van der Waals surface area contributed by atoms with Crippen molar-refractivity contribution in [1.29, 1.82) is 0 Å². The zero-order valence-electron chi connectivity index (χ0n) is 9.16. The van der Waals surface area contributed by atoms with Crippen molar-refractivity contribution in [2.24, 2.45) is 10.7 Å². The van der Waals surface area contributed by atoms with Crippen LogP contribution in [0, 0.1) is 0 Å². The molecule has 0 spiro atoms. The van der Waals surface area contributed by atoms with E-state index in [0.717, 1.165) is 0 Å². The van der Waals surface area contributed by atoms with Crippen LogP contribution in [0.2, 0.25) is 0 Å². The Morgan fingerprint density at radius 1 is 1.56 bits per heavy atom. The van der Waals surface area contributed by atoms with Crippen molar-refractivity contribution in [3.8, 4) is 5.75 Å². The van der Waals surface area contributed by atoms with Gasteiger partial charge >= 0.3 is 0 Å². The van der Waals surface area contributed by atoms with E-state index < -0.39 is 0 Å². The Bertz CT molecular complexity index is 430. The summed E-state index contributed by atoms with van der Waals surface area (Å²) in [5.74, 6) is 0.926. The van der Waals surface area contributed by atoms with Gasteiger partial charge in [-0.15, -0.1) is 11.6 Å². The highest BCUT2D eigenvalue weighted by atomic mass is 35.5. The number of methoxy groups -OCH3 is 1. The Labute approximate surface area is 99.1 Å². The first-order chi connectivity index (χ1) is 7.58.